The van der Waals surface area contributed by atoms with Crippen LogP contribution >= 0.6 is 0 Å². The number of nitrogens with two attached hydrogens (primary N) is 1. The number of hydrogen-bond donors (Lipinski definition) is 2. The summed E-state index contributed by atoms with van der Waals surface area (Å²) in [5.41, 5.74) is 7.56. The van der Waals surface area contributed by atoms with E-state index in [1.807, 2.05) is 24.4 Å². The van der Waals surface area contributed by atoms with Crippen molar-refractivity contribution in [1.82, 2.24) is 20.1 Å². The van der Waals surface area contributed by atoms with Crippen LogP contribution in [0.25, 0.3) is 11.1 Å². The largest absolute Gasteiger partial charge is 0.481 e. The maximum absolute atomic E-state index is 11.1. The number of amides is 1. The molecule has 0 aromatic carbocycles. The van der Waals surface area contributed by atoms with E-state index in [4.69, 9.17) is 10.5 Å². The molecule has 3 heterocycles. The van der Waals surface area contributed by atoms with Crippen LogP contribution in [0.5, 0.6) is 5.88 Å². The molecule has 7 nitrogen and oxygen atoms in total. The summed E-state index contributed by atoms with van der Waals surface area (Å²) in [5, 5.41) is 7.41. The first-order valence-electron chi connectivity index (χ1n) is 6.66. The molecule has 0 radical (unpaired) electrons. The average Bonchev–Trinajstić information content (AvgIpc) is 3.05. The minimum atomic E-state index is -0.466. The van der Waals surface area contributed by atoms with Crippen LogP contribution in [0.3, 0.4) is 0 Å². The van der Waals surface area contributed by atoms with Crippen LogP contribution in [0.2, 0.25) is 0 Å². The molecule has 0 saturated heterocycles. The molecule has 2 aromatic rings. The summed E-state index contributed by atoms with van der Waals surface area (Å²) in [4.78, 5) is 15.1. The number of ether oxygens (including phenoxy) is 1. The van der Waals surface area contributed by atoms with Crippen molar-refractivity contribution in [1.29, 1.82) is 0 Å². The van der Waals surface area contributed by atoms with E-state index < -0.39 is 5.91 Å². The zero-order chi connectivity index (χ0) is 15.5. The predicted molar refractivity (Wildman–Crippen MR) is 80.6 cm³/mol. The Morgan fingerprint density at radius 3 is 3.00 bits per heavy atom. The van der Waals surface area contributed by atoms with Gasteiger partial charge in [-0.2, -0.15) is 5.10 Å². The van der Waals surface area contributed by atoms with E-state index in [-0.39, 0.29) is 6.17 Å². The van der Waals surface area contributed by atoms with E-state index in [0.29, 0.717) is 11.5 Å². The van der Waals surface area contributed by atoms with Gasteiger partial charge >= 0.3 is 0 Å². The van der Waals surface area contributed by atoms with E-state index in [2.05, 4.69) is 15.4 Å². The lowest BCUT2D eigenvalue weighted by molar-refractivity contribution is -0.114. The molecule has 0 bridgehead atoms. The van der Waals surface area contributed by atoms with Gasteiger partial charge in [0.05, 0.1) is 18.9 Å². The zero-order valence-electron chi connectivity index (χ0n) is 11.9. The first-order chi connectivity index (χ1) is 10.7. The Bertz CT molecular complexity index is 763. The third-order valence-electron chi connectivity index (χ3n) is 3.32. The van der Waals surface area contributed by atoms with Gasteiger partial charge in [-0.1, -0.05) is 0 Å². The van der Waals surface area contributed by atoms with Gasteiger partial charge in [-0.3, -0.25) is 4.79 Å². The molecule has 3 rings (SSSR count). The first-order valence-corrected chi connectivity index (χ1v) is 6.66. The average molecular weight is 297 g/mol. The molecule has 1 atom stereocenters. The Kier molecular flexibility index (Phi) is 3.61. The van der Waals surface area contributed by atoms with Crippen molar-refractivity contribution in [2.75, 3.05) is 7.11 Å². The fraction of sp³-hybridized carbons (Fsp3) is 0.133. The molecule has 2 aromatic heterocycles. The Balaban J connectivity index is 1.80. The summed E-state index contributed by atoms with van der Waals surface area (Å²) in [6, 6.07) is 3.73. The summed E-state index contributed by atoms with van der Waals surface area (Å²) in [6.07, 6.45) is 10.3. The van der Waals surface area contributed by atoms with E-state index in [9.17, 15) is 4.79 Å². The van der Waals surface area contributed by atoms with Gasteiger partial charge in [0.15, 0.2) is 0 Å². The molecule has 1 aliphatic heterocycles. The molecule has 22 heavy (non-hydrogen) atoms. The molecule has 0 aliphatic carbocycles. The standard InChI is InChI=1S/C15H15N5O2/c1-22-14-6-10(4-5-17-14)12-8-19-20(9-12)13-3-2-11(7-18-13)15(16)21/h2-9,13,18H,1H3,(H2,16,21). The van der Waals surface area contributed by atoms with E-state index >= 15 is 0 Å². The summed E-state index contributed by atoms with van der Waals surface area (Å²) in [6.45, 7) is 0. The van der Waals surface area contributed by atoms with E-state index in [1.165, 1.54) is 0 Å². The van der Waals surface area contributed by atoms with Crippen molar-refractivity contribution in [2.45, 2.75) is 6.17 Å². The zero-order valence-corrected chi connectivity index (χ0v) is 11.9. The van der Waals surface area contributed by atoms with Crippen molar-refractivity contribution in [3.8, 4) is 17.0 Å². The van der Waals surface area contributed by atoms with Gasteiger partial charge in [-0.15, -0.1) is 0 Å². The number of carbonyl (C=O) groups excluding carboxylic acids is 1. The van der Waals surface area contributed by atoms with Crippen molar-refractivity contribution in [3.63, 3.8) is 0 Å². The summed E-state index contributed by atoms with van der Waals surface area (Å²) < 4.78 is 6.88. The van der Waals surface area contributed by atoms with Gasteiger partial charge in [-0.25, -0.2) is 9.67 Å². The van der Waals surface area contributed by atoms with Crippen LogP contribution in [0, 0.1) is 0 Å². The van der Waals surface area contributed by atoms with Gasteiger partial charge in [0.1, 0.15) is 6.17 Å². The molecule has 1 unspecified atom stereocenters. The lowest BCUT2D eigenvalue weighted by Gasteiger charge is -2.17. The highest BCUT2D eigenvalue weighted by molar-refractivity contribution is 5.94. The van der Waals surface area contributed by atoms with Crippen molar-refractivity contribution >= 4 is 5.91 Å². The number of dihydropyridines is 1. The lowest BCUT2D eigenvalue weighted by atomic mass is 10.1. The number of methoxy groups -OCH3 is 1. The normalized spacial score (nSPS) is 16.8. The summed E-state index contributed by atoms with van der Waals surface area (Å²) >= 11 is 0. The van der Waals surface area contributed by atoms with Crippen LogP contribution in [-0.2, 0) is 4.79 Å². The first kappa shape index (κ1) is 13.9. The molecule has 7 heteroatoms. The second kappa shape index (κ2) is 5.72. The Hall–Kier alpha value is -3.09. The van der Waals surface area contributed by atoms with Crippen LogP contribution in [-0.4, -0.2) is 27.8 Å². The van der Waals surface area contributed by atoms with Crippen LogP contribution < -0.4 is 15.8 Å². The smallest absolute Gasteiger partial charge is 0.250 e. The van der Waals surface area contributed by atoms with Crippen molar-refractivity contribution < 1.29 is 9.53 Å². The molecule has 0 saturated carbocycles. The highest BCUT2D eigenvalue weighted by Crippen LogP contribution is 2.23. The van der Waals surface area contributed by atoms with Crippen LogP contribution in [0.1, 0.15) is 6.17 Å². The van der Waals surface area contributed by atoms with E-state index in [0.717, 1.165) is 11.1 Å². The number of primary amides is 1. The Morgan fingerprint density at radius 1 is 1.45 bits per heavy atom. The molecule has 112 valence electrons. The fourth-order valence-corrected chi connectivity index (χ4v) is 2.13. The highest BCUT2D eigenvalue weighted by atomic mass is 16.5. The van der Waals surface area contributed by atoms with Crippen LogP contribution in [0.4, 0.5) is 0 Å². The number of aromatic nitrogens is 3. The molecular weight excluding hydrogens is 282 g/mol. The van der Waals surface area contributed by atoms with E-state index in [1.54, 1.807) is 36.5 Å². The number of hydrogen-bond acceptors (Lipinski definition) is 5. The van der Waals surface area contributed by atoms with Crippen molar-refractivity contribution in [3.05, 3.63) is 54.6 Å². The van der Waals surface area contributed by atoms with Gasteiger partial charge < -0.3 is 15.8 Å². The third-order valence-corrected chi connectivity index (χ3v) is 3.32. The Morgan fingerprint density at radius 2 is 2.32 bits per heavy atom. The number of nitrogens with one attached hydrogen (secondary N) is 1. The maximum Gasteiger partial charge on any atom is 0.250 e. The number of rotatable bonds is 4. The second-order valence-electron chi connectivity index (χ2n) is 4.73. The molecular formula is C15H15N5O2. The Labute approximate surface area is 127 Å². The minimum absolute atomic E-state index is 0.166. The monoisotopic (exact) mass is 297 g/mol. The number of nitrogens with zero attached hydrogens (tertiary/aromatic N) is 3. The number of carbonyl (C=O) groups is 1. The second-order valence-corrected chi connectivity index (χ2v) is 4.73. The van der Waals surface area contributed by atoms with Gasteiger partial charge in [0.2, 0.25) is 11.8 Å². The molecule has 1 amide bonds. The quantitative estimate of drug-likeness (QED) is 0.877. The van der Waals surface area contributed by atoms with Crippen molar-refractivity contribution in [2.24, 2.45) is 5.73 Å². The molecule has 0 fully saturated rings. The minimum Gasteiger partial charge on any atom is -0.481 e. The van der Waals surface area contributed by atoms with Crippen LogP contribution in [0.15, 0.2) is 54.6 Å². The summed E-state index contributed by atoms with van der Waals surface area (Å²) in [7, 11) is 1.58. The predicted octanol–water partition coefficient (Wildman–Crippen LogP) is 0.981. The van der Waals surface area contributed by atoms with Gasteiger partial charge in [0, 0.05) is 30.2 Å². The molecule has 3 N–H and O–H groups in total. The molecule has 0 spiro atoms. The van der Waals surface area contributed by atoms with Gasteiger partial charge in [-0.05, 0) is 23.8 Å². The van der Waals surface area contributed by atoms with Gasteiger partial charge in [0.25, 0.3) is 0 Å². The lowest BCUT2D eigenvalue weighted by Crippen LogP contribution is -2.26. The number of pyridine rings is 1. The third kappa shape index (κ3) is 2.69. The maximum atomic E-state index is 11.1. The SMILES string of the molecule is COc1cc(-c2cnn(C3C=CC(C(N)=O)=CN3)c2)ccn1. The highest BCUT2D eigenvalue weighted by Gasteiger charge is 2.13. The molecule has 1 aliphatic rings. The fourth-order valence-electron chi connectivity index (χ4n) is 2.13. The topological polar surface area (TPSA) is 95.1 Å². The summed E-state index contributed by atoms with van der Waals surface area (Å²) in [5.74, 6) is 0.0854.